The average Bonchev–Trinajstić information content (AvgIpc) is 3.31. The molecule has 1 aliphatic heterocycles. The number of ether oxygens (including phenoxy) is 4. The normalized spacial score (nSPS) is 15.2. The number of hydrogen-bond acceptors (Lipinski definition) is 5. The van der Waals surface area contributed by atoms with Gasteiger partial charge in [-0.2, -0.15) is 0 Å². The molecule has 7 nitrogen and oxygen atoms in total. The molecular weight excluding hydrogens is 396 g/mol. The summed E-state index contributed by atoms with van der Waals surface area (Å²) in [4.78, 5) is 14.9. The monoisotopic (exact) mass is 426 g/mol. The second-order valence-electron chi connectivity index (χ2n) is 7.23. The number of anilines is 1. The minimum Gasteiger partial charge on any atom is -0.495 e. The molecule has 2 amide bonds. The van der Waals surface area contributed by atoms with Gasteiger partial charge in [0, 0.05) is 19.7 Å². The van der Waals surface area contributed by atoms with E-state index in [2.05, 4.69) is 11.9 Å². The highest BCUT2D eigenvalue weighted by Gasteiger charge is 2.24. The molecule has 7 heteroatoms. The van der Waals surface area contributed by atoms with Crippen molar-refractivity contribution in [3.8, 4) is 17.2 Å². The van der Waals surface area contributed by atoms with Gasteiger partial charge in [-0.15, -0.1) is 0 Å². The average molecular weight is 427 g/mol. The predicted molar refractivity (Wildman–Crippen MR) is 120 cm³/mol. The molecule has 31 heavy (non-hydrogen) atoms. The highest BCUT2D eigenvalue weighted by Crippen LogP contribution is 2.29. The third-order valence-corrected chi connectivity index (χ3v) is 5.04. The number of methoxy groups -OCH3 is 2. The lowest BCUT2D eigenvalue weighted by atomic mass is 10.1. The number of benzene rings is 2. The van der Waals surface area contributed by atoms with E-state index in [0.29, 0.717) is 42.6 Å². The van der Waals surface area contributed by atoms with Gasteiger partial charge in [0.1, 0.15) is 12.4 Å². The van der Waals surface area contributed by atoms with Crippen LogP contribution in [0.15, 0.2) is 55.1 Å². The maximum atomic E-state index is 13.2. The van der Waals surface area contributed by atoms with Crippen molar-refractivity contribution in [1.29, 1.82) is 0 Å². The lowest BCUT2D eigenvalue weighted by Gasteiger charge is -2.26. The Kier molecular flexibility index (Phi) is 8.18. The van der Waals surface area contributed by atoms with Crippen LogP contribution in [0, 0.1) is 0 Å². The highest BCUT2D eigenvalue weighted by molar-refractivity contribution is 5.91. The van der Waals surface area contributed by atoms with Crippen LogP contribution >= 0.6 is 0 Å². The maximum absolute atomic E-state index is 13.2. The molecule has 1 fully saturated rings. The number of urea groups is 1. The Hall–Kier alpha value is -3.19. The summed E-state index contributed by atoms with van der Waals surface area (Å²) in [6.07, 6.45) is 3.66. The fourth-order valence-corrected chi connectivity index (χ4v) is 3.49. The van der Waals surface area contributed by atoms with Crippen molar-refractivity contribution < 1.29 is 23.7 Å². The van der Waals surface area contributed by atoms with Gasteiger partial charge in [0.15, 0.2) is 11.5 Å². The summed E-state index contributed by atoms with van der Waals surface area (Å²) in [5.74, 6) is 1.86. The molecule has 1 N–H and O–H groups in total. The zero-order chi connectivity index (χ0) is 22.1. The van der Waals surface area contributed by atoms with Crippen LogP contribution in [0.25, 0.3) is 0 Å². The van der Waals surface area contributed by atoms with Gasteiger partial charge >= 0.3 is 6.03 Å². The van der Waals surface area contributed by atoms with E-state index in [1.54, 1.807) is 25.2 Å². The summed E-state index contributed by atoms with van der Waals surface area (Å²) in [5, 5.41) is 2.96. The second kappa shape index (κ2) is 11.3. The number of rotatable bonds is 10. The smallest absolute Gasteiger partial charge is 0.322 e. The van der Waals surface area contributed by atoms with E-state index in [1.807, 2.05) is 42.5 Å². The molecule has 0 spiro atoms. The van der Waals surface area contributed by atoms with Crippen molar-refractivity contribution in [3.63, 3.8) is 0 Å². The van der Waals surface area contributed by atoms with Gasteiger partial charge in [0.25, 0.3) is 0 Å². The van der Waals surface area contributed by atoms with Gasteiger partial charge in [-0.25, -0.2) is 4.79 Å². The molecule has 166 valence electrons. The molecule has 0 radical (unpaired) electrons. The predicted octanol–water partition coefficient (Wildman–Crippen LogP) is 4.48. The third kappa shape index (κ3) is 6.15. The van der Waals surface area contributed by atoms with Crippen LogP contribution in [0.1, 0.15) is 18.4 Å². The van der Waals surface area contributed by atoms with Crippen LogP contribution in [-0.4, -0.2) is 51.0 Å². The molecule has 1 unspecified atom stereocenters. The molecule has 1 saturated heterocycles. The van der Waals surface area contributed by atoms with Crippen LogP contribution in [0.2, 0.25) is 0 Å². The summed E-state index contributed by atoms with van der Waals surface area (Å²) in [6.45, 7) is 5.69. The van der Waals surface area contributed by atoms with Crippen molar-refractivity contribution in [3.05, 3.63) is 60.7 Å². The first-order valence-corrected chi connectivity index (χ1v) is 10.4. The van der Waals surface area contributed by atoms with E-state index in [9.17, 15) is 4.79 Å². The van der Waals surface area contributed by atoms with E-state index in [0.717, 1.165) is 25.0 Å². The summed E-state index contributed by atoms with van der Waals surface area (Å²) in [5.41, 5.74) is 1.55. The Bertz CT molecular complexity index is 880. The number of carbonyl (C=O) groups excluding carboxylic acids is 1. The molecule has 0 bridgehead atoms. The Labute approximate surface area is 183 Å². The van der Waals surface area contributed by atoms with Crippen LogP contribution in [-0.2, 0) is 11.3 Å². The van der Waals surface area contributed by atoms with Crippen molar-refractivity contribution in [2.45, 2.75) is 25.5 Å². The largest absolute Gasteiger partial charge is 0.495 e. The van der Waals surface area contributed by atoms with E-state index in [-0.39, 0.29) is 12.1 Å². The molecule has 0 aliphatic carbocycles. The first kappa shape index (κ1) is 22.5. The Morgan fingerprint density at radius 3 is 2.71 bits per heavy atom. The number of para-hydroxylation sites is 2. The number of amides is 2. The lowest BCUT2D eigenvalue weighted by Crippen LogP contribution is -2.39. The van der Waals surface area contributed by atoms with Crippen LogP contribution in [0.4, 0.5) is 10.5 Å². The molecule has 2 aromatic rings. The standard InChI is InChI=1S/C24H30N2O5/c1-4-13-31-22-12-11-18(15-23(22)29-3)16-26(17-19-8-7-14-30-19)24(27)25-20-9-5-6-10-21(20)28-2/h4-6,9-12,15,19H,1,7-8,13-14,16-17H2,2-3H3,(H,25,27). The SMILES string of the molecule is C=CCOc1ccc(CN(CC2CCCO2)C(=O)Nc2ccccc2OC)cc1OC. The van der Waals surface area contributed by atoms with Gasteiger partial charge < -0.3 is 29.2 Å². The maximum Gasteiger partial charge on any atom is 0.322 e. The van der Waals surface area contributed by atoms with E-state index in [4.69, 9.17) is 18.9 Å². The fraction of sp³-hybridized carbons (Fsp3) is 0.375. The quantitative estimate of drug-likeness (QED) is 0.567. The molecule has 3 rings (SSSR count). The molecule has 0 saturated carbocycles. The molecule has 2 aromatic carbocycles. The number of nitrogens with zero attached hydrogens (tertiary/aromatic N) is 1. The van der Waals surface area contributed by atoms with Gasteiger partial charge in [-0.05, 0) is 42.7 Å². The van der Waals surface area contributed by atoms with Crippen LogP contribution in [0.5, 0.6) is 17.2 Å². The lowest BCUT2D eigenvalue weighted by molar-refractivity contribution is 0.0819. The number of hydrogen-bond donors (Lipinski definition) is 1. The highest BCUT2D eigenvalue weighted by atomic mass is 16.5. The van der Waals surface area contributed by atoms with Crippen LogP contribution in [0.3, 0.4) is 0 Å². The molecular formula is C24H30N2O5. The van der Waals surface area contributed by atoms with Crippen molar-refractivity contribution in [2.75, 3.05) is 39.3 Å². The summed E-state index contributed by atoms with van der Waals surface area (Å²) < 4.78 is 22.2. The molecule has 0 aromatic heterocycles. The van der Waals surface area contributed by atoms with Gasteiger partial charge in [0.2, 0.25) is 0 Å². The second-order valence-corrected chi connectivity index (χ2v) is 7.23. The topological polar surface area (TPSA) is 69.3 Å². The van der Waals surface area contributed by atoms with E-state index < -0.39 is 0 Å². The minimum atomic E-state index is -0.217. The summed E-state index contributed by atoms with van der Waals surface area (Å²) in [6, 6.07) is 12.8. The van der Waals surface area contributed by atoms with E-state index in [1.165, 1.54) is 0 Å². The minimum absolute atomic E-state index is 0.0283. The molecule has 1 heterocycles. The van der Waals surface area contributed by atoms with Gasteiger partial charge in [-0.3, -0.25) is 0 Å². The van der Waals surface area contributed by atoms with Gasteiger partial charge in [-0.1, -0.05) is 30.9 Å². The van der Waals surface area contributed by atoms with Crippen LogP contribution < -0.4 is 19.5 Å². The van der Waals surface area contributed by atoms with Gasteiger partial charge in [0.05, 0.1) is 26.0 Å². The van der Waals surface area contributed by atoms with Crippen molar-refractivity contribution in [2.24, 2.45) is 0 Å². The Morgan fingerprint density at radius 2 is 2.00 bits per heavy atom. The zero-order valence-electron chi connectivity index (χ0n) is 18.1. The summed E-state index contributed by atoms with van der Waals surface area (Å²) in [7, 11) is 3.18. The fourth-order valence-electron chi connectivity index (χ4n) is 3.49. The molecule has 1 atom stereocenters. The zero-order valence-corrected chi connectivity index (χ0v) is 18.1. The number of carbonyl (C=O) groups is 1. The Morgan fingerprint density at radius 1 is 1.19 bits per heavy atom. The molecule has 1 aliphatic rings. The number of nitrogens with one attached hydrogen (secondary N) is 1. The van der Waals surface area contributed by atoms with Crippen molar-refractivity contribution in [1.82, 2.24) is 4.90 Å². The first-order chi connectivity index (χ1) is 15.1. The first-order valence-electron chi connectivity index (χ1n) is 10.4. The third-order valence-electron chi connectivity index (χ3n) is 5.04. The Balaban J connectivity index is 1.78. The van der Waals surface area contributed by atoms with E-state index >= 15 is 0 Å². The van der Waals surface area contributed by atoms with Crippen molar-refractivity contribution >= 4 is 11.7 Å². The summed E-state index contributed by atoms with van der Waals surface area (Å²) >= 11 is 0.